The van der Waals surface area contributed by atoms with Gasteiger partial charge in [0.25, 0.3) is 0 Å². The summed E-state index contributed by atoms with van der Waals surface area (Å²) in [7, 11) is 1.95. The molecule has 0 atom stereocenters. The number of amides is 1. The van der Waals surface area contributed by atoms with Gasteiger partial charge in [-0.1, -0.05) is 17.7 Å². The highest BCUT2D eigenvalue weighted by atomic mass is 35.5. The van der Waals surface area contributed by atoms with Crippen LogP contribution < -0.4 is 15.4 Å². The second kappa shape index (κ2) is 9.13. The van der Waals surface area contributed by atoms with Gasteiger partial charge in [0.05, 0.1) is 17.1 Å². The summed E-state index contributed by atoms with van der Waals surface area (Å²) in [6.45, 7) is 0.603. The van der Waals surface area contributed by atoms with Gasteiger partial charge in [0, 0.05) is 37.2 Å². The van der Waals surface area contributed by atoms with E-state index in [0.29, 0.717) is 17.2 Å². The number of anilines is 2. The molecular weight excluding hydrogens is 419 g/mol. The molecule has 1 heterocycles. The first-order valence-electron chi connectivity index (χ1n) is 8.98. The normalized spacial score (nSPS) is 13.6. The Bertz CT molecular complexity index is 990. The molecule has 0 fully saturated rings. The predicted molar refractivity (Wildman–Crippen MR) is 110 cm³/mol. The zero-order valence-electron chi connectivity index (χ0n) is 16.0. The van der Waals surface area contributed by atoms with Crippen LogP contribution in [0.1, 0.15) is 5.56 Å². The van der Waals surface area contributed by atoms with E-state index in [0.717, 1.165) is 18.7 Å². The van der Waals surface area contributed by atoms with E-state index in [1.165, 1.54) is 6.07 Å². The van der Waals surface area contributed by atoms with Crippen LogP contribution in [-0.4, -0.2) is 30.9 Å². The Morgan fingerprint density at radius 2 is 2.00 bits per heavy atom. The second-order valence-electron chi connectivity index (χ2n) is 6.59. The van der Waals surface area contributed by atoms with Crippen LogP contribution in [0.4, 0.5) is 24.5 Å². The number of carbonyl (C=O) groups is 1. The number of hydrogen-bond donors (Lipinski definition) is 2. The number of rotatable bonds is 6. The second-order valence-corrected chi connectivity index (χ2v) is 6.99. The van der Waals surface area contributed by atoms with Crippen molar-refractivity contribution in [3.8, 4) is 5.75 Å². The maximum absolute atomic E-state index is 12.9. The molecule has 5 nitrogen and oxygen atoms in total. The van der Waals surface area contributed by atoms with Crippen molar-refractivity contribution in [1.82, 2.24) is 4.90 Å². The molecule has 2 aromatic carbocycles. The maximum atomic E-state index is 12.9. The van der Waals surface area contributed by atoms with Crippen LogP contribution in [0.2, 0.25) is 5.02 Å². The molecule has 0 saturated heterocycles. The third-order valence-corrected chi connectivity index (χ3v) is 4.48. The molecule has 30 heavy (non-hydrogen) atoms. The van der Waals surface area contributed by atoms with Gasteiger partial charge in [-0.2, -0.15) is 13.2 Å². The Hall–Kier alpha value is -3.13. The third-order valence-electron chi connectivity index (χ3n) is 4.15. The van der Waals surface area contributed by atoms with E-state index in [2.05, 4.69) is 10.6 Å². The van der Waals surface area contributed by atoms with Crippen LogP contribution in [0.25, 0.3) is 0 Å². The number of nitrogens with one attached hydrogen (secondary N) is 2. The van der Waals surface area contributed by atoms with Crippen LogP contribution in [-0.2, 0) is 11.0 Å². The summed E-state index contributed by atoms with van der Waals surface area (Å²) in [4.78, 5) is 14.1. The summed E-state index contributed by atoms with van der Waals surface area (Å²) >= 11 is 5.58. The average Bonchev–Trinajstić information content (AvgIpc) is 2.69. The van der Waals surface area contributed by atoms with Crippen molar-refractivity contribution in [3.63, 3.8) is 0 Å². The SMILES string of the molecule is CN1C=CC(Oc2cccc(NCC(=O)Nc3ccc(Cl)c(C(F)(F)F)c3)c2)=CC1. The fraction of sp³-hybridized carbons (Fsp3) is 0.190. The number of nitrogens with zero attached hydrogens (tertiary/aromatic N) is 1. The number of halogens is 4. The average molecular weight is 438 g/mol. The van der Waals surface area contributed by atoms with Crippen molar-refractivity contribution >= 4 is 28.9 Å². The molecule has 1 aliphatic heterocycles. The first-order chi connectivity index (χ1) is 14.2. The summed E-state index contributed by atoms with van der Waals surface area (Å²) in [5.74, 6) is 0.803. The van der Waals surface area contributed by atoms with Gasteiger partial charge >= 0.3 is 6.18 Å². The summed E-state index contributed by atoms with van der Waals surface area (Å²) in [5.41, 5.74) is -0.360. The van der Waals surface area contributed by atoms with Crippen LogP contribution in [0.3, 0.4) is 0 Å². The molecule has 0 spiro atoms. The lowest BCUT2D eigenvalue weighted by molar-refractivity contribution is -0.137. The Balaban J connectivity index is 1.57. The minimum absolute atomic E-state index is 0.0107. The van der Waals surface area contributed by atoms with Gasteiger partial charge in [0.1, 0.15) is 11.5 Å². The Morgan fingerprint density at radius 1 is 1.20 bits per heavy atom. The van der Waals surface area contributed by atoms with Crippen molar-refractivity contribution in [3.05, 3.63) is 77.2 Å². The third kappa shape index (κ3) is 5.93. The summed E-state index contributed by atoms with van der Waals surface area (Å²) in [5, 5.41) is 4.92. The van der Waals surface area contributed by atoms with E-state index in [4.69, 9.17) is 16.3 Å². The van der Waals surface area contributed by atoms with Gasteiger partial charge in [0.2, 0.25) is 5.91 Å². The predicted octanol–water partition coefficient (Wildman–Crippen LogP) is 5.13. The highest BCUT2D eigenvalue weighted by Crippen LogP contribution is 2.36. The molecule has 1 amide bonds. The largest absolute Gasteiger partial charge is 0.458 e. The van der Waals surface area contributed by atoms with Gasteiger partial charge in [-0.05, 0) is 42.5 Å². The van der Waals surface area contributed by atoms with E-state index in [9.17, 15) is 18.0 Å². The number of ether oxygens (including phenoxy) is 1. The van der Waals surface area contributed by atoms with Crippen molar-refractivity contribution in [1.29, 1.82) is 0 Å². The minimum atomic E-state index is -4.60. The number of carbonyl (C=O) groups excluding carboxylic acids is 1. The van der Waals surface area contributed by atoms with Gasteiger partial charge in [-0.25, -0.2) is 0 Å². The fourth-order valence-electron chi connectivity index (χ4n) is 2.65. The zero-order valence-corrected chi connectivity index (χ0v) is 16.7. The molecule has 2 N–H and O–H groups in total. The van der Waals surface area contributed by atoms with Crippen molar-refractivity contribution < 1.29 is 22.7 Å². The molecule has 3 rings (SSSR count). The highest BCUT2D eigenvalue weighted by Gasteiger charge is 2.33. The lowest BCUT2D eigenvalue weighted by Gasteiger charge is -2.17. The van der Waals surface area contributed by atoms with Crippen LogP contribution in [0, 0.1) is 0 Å². The molecular formula is C21H19ClF3N3O2. The van der Waals surface area contributed by atoms with Crippen LogP contribution in [0.15, 0.2) is 66.6 Å². The van der Waals surface area contributed by atoms with E-state index >= 15 is 0 Å². The van der Waals surface area contributed by atoms with E-state index in [1.807, 2.05) is 30.3 Å². The minimum Gasteiger partial charge on any atom is -0.458 e. The molecule has 0 aromatic heterocycles. The van der Waals surface area contributed by atoms with Crippen molar-refractivity contribution in [2.24, 2.45) is 0 Å². The molecule has 9 heteroatoms. The van der Waals surface area contributed by atoms with Crippen LogP contribution >= 0.6 is 11.6 Å². The van der Waals surface area contributed by atoms with Crippen LogP contribution in [0.5, 0.6) is 5.75 Å². The highest BCUT2D eigenvalue weighted by molar-refractivity contribution is 6.31. The summed E-state index contributed by atoms with van der Waals surface area (Å²) in [6.07, 6.45) is 1.09. The number of allylic oxidation sites excluding steroid dienone is 1. The molecule has 0 saturated carbocycles. The first kappa shape index (κ1) is 21.6. The number of hydrogen-bond acceptors (Lipinski definition) is 4. The first-order valence-corrected chi connectivity index (χ1v) is 9.35. The number of alkyl halides is 3. The van der Waals surface area contributed by atoms with Gasteiger partial charge in [-0.3, -0.25) is 4.79 Å². The number of likely N-dealkylation sites (N-methyl/N-ethyl adjacent to an activating group) is 1. The quantitative estimate of drug-likeness (QED) is 0.657. The molecule has 0 aliphatic carbocycles. The summed E-state index contributed by atoms with van der Waals surface area (Å²) in [6, 6.07) is 10.2. The lowest BCUT2D eigenvalue weighted by Crippen LogP contribution is -2.22. The van der Waals surface area contributed by atoms with E-state index in [1.54, 1.807) is 24.3 Å². The Kier molecular flexibility index (Phi) is 6.56. The standard InChI is InChI=1S/C21H19ClF3N3O2/c1-28-9-7-16(8-10-28)30-17-4-2-3-14(11-17)26-13-20(29)27-15-5-6-19(22)18(12-15)21(23,24)25/h2-9,11-12,26H,10,13H2,1H3,(H,27,29). The maximum Gasteiger partial charge on any atom is 0.417 e. The van der Waals surface area contributed by atoms with Gasteiger partial charge in [-0.15, -0.1) is 0 Å². The Labute approximate surface area is 176 Å². The summed E-state index contributed by atoms with van der Waals surface area (Å²) < 4.78 is 44.6. The molecule has 158 valence electrons. The molecule has 0 bridgehead atoms. The van der Waals surface area contributed by atoms with Gasteiger partial charge < -0.3 is 20.3 Å². The molecule has 2 aromatic rings. The van der Waals surface area contributed by atoms with Gasteiger partial charge in [0.15, 0.2) is 0 Å². The lowest BCUT2D eigenvalue weighted by atomic mass is 10.2. The number of benzene rings is 2. The fourth-order valence-corrected chi connectivity index (χ4v) is 2.88. The van der Waals surface area contributed by atoms with Crippen molar-refractivity contribution in [2.45, 2.75) is 6.18 Å². The zero-order chi connectivity index (χ0) is 21.7. The van der Waals surface area contributed by atoms with E-state index in [-0.39, 0.29) is 12.2 Å². The smallest absolute Gasteiger partial charge is 0.417 e. The van der Waals surface area contributed by atoms with Crippen molar-refractivity contribution in [2.75, 3.05) is 30.8 Å². The Morgan fingerprint density at radius 3 is 2.70 bits per heavy atom. The van der Waals surface area contributed by atoms with E-state index < -0.39 is 22.7 Å². The molecule has 1 aliphatic rings. The monoisotopic (exact) mass is 437 g/mol. The topological polar surface area (TPSA) is 53.6 Å². The molecule has 0 unspecified atom stereocenters. The molecule has 0 radical (unpaired) electrons.